The van der Waals surface area contributed by atoms with Gasteiger partial charge in [-0.2, -0.15) is 0 Å². The second kappa shape index (κ2) is 8.08. The summed E-state index contributed by atoms with van der Waals surface area (Å²) in [5, 5.41) is 3.54. The van der Waals surface area contributed by atoms with E-state index in [-0.39, 0.29) is 0 Å². The quantitative estimate of drug-likeness (QED) is 0.659. The lowest BCUT2D eigenvalue weighted by Gasteiger charge is -2.14. The maximum Gasteiger partial charge on any atom is 0.127 e. The van der Waals surface area contributed by atoms with Crippen molar-refractivity contribution >= 4 is 0 Å². The van der Waals surface area contributed by atoms with Crippen LogP contribution < -0.4 is 14.8 Å². The fourth-order valence-electron chi connectivity index (χ4n) is 2.00. The van der Waals surface area contributed by atoms with Crippen molar-refractivity contribution in [3.63, 3.8) is 0 Å². The molecule has 116 valence electrons. The third-order valence-corrected chi connectivity index (χ3v) is 3.46. The molecule has 0 atom stereocenters. The smallest absolute Gasteiger partial charge is 0.127 e. The highest BCUT2D eigenvalue weighted by Crippen LogP contribution is 2.27. The summed E-state index contributed by atoms with van der Waals surface area (Å²) in [6.45, 7) is 10.3. The number of nitrogens with one attached hydrogen (secondary N) is 1. The van der Waals surface area contributed by atoms with Crippen molar-refractivity contribution in [1.82, 2.24) is 5.32 Å². The second-order valence-corrected chi connectivity index (χ2v) is 5.83. The van der Waals surface area contributed by atoms with Crippen LogP contribution in [-0.2, 0) is 6.54 Å². The summed E-state index contributed by atoms with van der Waals surface area (Å²) in [4.78, 5) is 0. The summed E-state index contributed by atoms with van der Waals surface area (Å²) in [7, 11) is 0. The molecule has 0 saturated heterocycles. The van der Waals surface area contributed by atoms with Gasteiger partial charge in [-0.05, 0) is 32.3 Å². The van der Waals surface area contributed by atoms with Crippen LogP contribution in [0.15, 0.2) is 30.4 Å². The molecule has 1 aromatic rings. The molecule has 1 aliphatic rings. The molecule has 21 heavy (non-hydrogen) atoms. The summed E-state index contributed by atoms with van der Waals surface area (Å²) < 4.78 is 11.6. The molecule has 0 amide bonds. The fraction of sp³-hybridized carbons (Fsp3) is 0.556. The van der Waals surface area contributed by atoms with Crippen molar-refractivity contribution in [1.29, 1.82) is 0 Å². The van der Waals surface area contributed by atoms with Crippen LogP contribution in [0.1, 0.15) is 45.1 Å². The summed E-state index contributed by atoms with van der Waals surface area (Å²) in [5.74, 6) is 1.82. The first-order chi connectivity index (χ1) is 10.2. The average molecular weight is 289 g/mol. The molecule has 1 aromatic carbocycles. The zero-order chi connectivity index (χ0) is 15.1. The molecule has 0 heterocycles. The van der Waals surface area contributed by atoms with Crippen LogP contribution in [0, 0.1) is 0 Å². The summed E-state index contributed by atoms with van der Waals surface area (Å²) in [5.41, 5.74) is 2.35. The Morgan fingerprint density at radius 3 is 2.76 bits per heavy atom. The Bertz CT molecular complexity index is 466. The maximum absolute atomic E-state index is 5.94. The maximum atomic E-state index is 5.94. The first kappa shape index (κ1) is 15.9. The van der Waals surface area contributed by atoms with E-state index in [1.54, 1.807) is 0 Å². The van der Waals surface area contributed by atoms with Crippen LogP contribution in [0.4, 0.5) is 0 Å². The highest BCUT2D eigenvalue weighted by molar-refractivity contribution is 5.41. The van der Waals surface area contributed by atoms with Gasteiger partial charge in [0.05, 0.1) is 13.2 Å². The normalized spacial score (nSPS) is 14.0. The van der Waals surface area contributed by atoms with Gasteiger partial charge >= 0.3 is 0 Å². The van der Waals surface area contributed by atoms with Gasteiger partial charge in [0, 0.05) is 30.6 Å². The van der Waals surface area contributed by atoms with E-state index in [0.29, 0.717) is 12.6 Å². The fourth-order valence-corrected chi connectivity index (χ4v) is 2.00. The van der Waals surface area contributed by atoms with Gasteiger partial charge < -0.3 is 14.8 Å². The van der Waals surface area contributed by atoms with Gasteiger partial charge in [0.15, 0.2) is 0 Å². The number of benzene rings is 1. The molecule has 0 bridgehead atoms. The molecule has 2 rings (SSSR count). The van der Waals surface area contributed by atoms with Gasteiger partial charge in [-0.1, -0.05) is 18.6 Å². The molecule has 1 saturated carbocycles. The molecule has 1 aliphatic carbocycles. The third kappa shape index (κ3) is 5.80. The molecule has 0 radical (unpaired) electrons. The van der Waals surface area contributed by atoms with Crippen molar-refractivity contribution in [2.45, 2.75) is 52.1 Å². The topological polar surface area (TPSA) is 30.5 Å². The Balaban J connectivity index is 1.99. The average Bonchev–Trinajstić information content (AvgIpc) is 3.28. The first-order valence-electron chi connectivity index (χ1n) is 7.95. The molecule has 0 unspecified atom stereocenters. The second-order valence-electron chi connectivity index (χ2n) is 5.83. The van der Waals surface area contributed by atoms with Crippen molar-refractivity contribution in [3.05, 3.63) is 35.9 Å². The molecule has 3 heteroatoms. The predicted octanol–water partition coefficient (Wildman–Crippen LogP) is 4.07. The molecular weight excluding hydrogens is 262 g/mol. The van der Waals surface area contributed by atoms with E-state index < -0.39 is 0 Å². The Hall–Kier alpha value is -1.48. The highest BCUT2D eigenvalue weighted by atomic mass is 16.5. The number of hydrogen-bond donors (Lipinski definition) is 1. The van der Waals surface area contributed by atoms with E-state index in [4.69, 9.17) is 9.47 Å². The molecule has 1 fully saturated rings. The molecule has 0 aromatic heterocycles. The van der Waals surface area contributed by atoms with E-state index in [0.717, 1.165) is 43.1 Å². The standard InChI is InChI=1S/C18H27NO2/c1-4-10-20-17-8-5-15(13-19-16-6-7-16)18(12-17)21-11-9-14(2)3/h5,8,12,16,19H,2,4,6-7,9-11,13H2,1,3H3. The lowest BCUT2D eigenvalue weighted by Crippen LogP contribution is -2.16. The summed E-state index contributed by atoms with van der Waals surface area (Å²) >= 11 is 0. The van der Waals surface area contributed by atoms with Crippen molar-refractivity contribution < 1.29 is 9.47 Å². The Labute approximate surface area is 128 Å². The number of ether oxygens (including phenoxy) is 2. The van der Waals surface area contributed by atoms with Gasteiger partial charge in [0.25, 0.3) is 0 Å². The monoisotopic (exact) mass is 289 g/mol. The Kier molecular flexibility index (Phi) is 6.12. The minimum Gasteiger partial charge on any atom is -0.493 e. The number of hydrogen-bond acceptors (Lipinski definition) is 3. The van der Waals surface area contributed by atoms with Gasteiger partial charge in [0.1, 0.15) is 11.5 Å². The van der Waals surface area contributed by atoms with E-state index in [1.165, 1.54) is 18.4 Å². The van der Waals surface area contributed by atoms with Crippen LogP contribution in [-0.4, -0.2) is 19.3 Å². The minimum absolute atomic E-state index is 0.670. The Morgan fingerprint density at radius 2 is 2.10 bits per heavy atom. The molecular formula is C18H27NO2. The van der Waals surface area contributed by atoms with Crippen molar-refractivity contribution in [2.75, 3.05) is 13.2 Å². The SMILES string of the molecule is C=C(C)CCOc1cc(OCCC)ccc1CNC1CC1. The van der Waals surface area contributed by atoms with E-state index in [9.17, 15) is 0 Å². The number of rotatable bonds is 10. The van der Waals surface area contributed by atoms with E-state index in [1.807, 2.05) is 19.1 Å². The van der Waals surface area contributed by atoms with E-state index >= 15 is 0 Å². The predicted molar refractivity (Wildman–Crippen MR) is 87.0 cm³/mol. The molecule has 0 spiro atoms. The minimum atomic E-state index is 0.670. The molecule has 3 nitrogen and oxygen atoms in total. The van der Waals surface area contributed by atoms with Crippen LogP contribution in [0.2, 0.25) is 0 Å². The van der Waals surface area contributed by atoms with Gasteiger partial charge in [0.2, 0.25) is 0 Å². The van der Waals surface area contributed by atoms with Crippen LogP contribution in [0.5, 0.6) is 11.5 Å². The lowest BCUT2D eigenvalue weighted by molar-refractivity contribution is 0.301. The first-order valence-corrected chi connectivity index (χ1v) is 7.95. The van der Waals surface area contributed by atoms with Crippen LogP contribution in [0.3, 0.4) is 0 Å². The summed E-state index contributed by atoms with van der Waals surface area (Å²) in [6.07, 6.45) is 4.49. The molecule has 1 N–H and O–H groups in total. The Morgan fingerprint density at radius 1 is 1.29 bits per heavy atom. The zero-order valence-electron chi connectivity index (χ0n) is 13.3. The molecule has 0 aliphatic heterocycles. The third-order valence-electron chi connectivity index (χ3n) is 3.46. The van der Waals surface area contributed by atoms with E-state index in [2.05, 4.69) is 24.9 Å². The zero-order valence-corrected chi connectivity index (χ0v) is 13.3. The van der Waals surface area contributed by atoms with Gasteiger partial charge in [-0.15, -0.1) is 6.58 Å². The largest absolute Gasteiger partial charge is 0.493 e. The van der Waals surface area contributed by atoms with Crippen molar-refractivity contribution in [2.24, 2.45) is 0 Å². The summed E-state index contributed by atoms with van der Waals surface area (Å²) in [6, 6.07) is 6.85. The van der Waals surface area contributed by atoms with Crippen LogP contribution in [0.25, 0.3) is 0 Å². The van der Waals surface area contributed by atoms with Crippen LogP contribution >= 0.6 is 0 Å². The van der Waals surface area contributed by atoms with Gasteiger partial charge in [-0.25, -0.2) is 0 Å². The van der Waals surface area contributed by atoms with Crippen molar-refractivity contribution in [3.8, 4) is 11.5 Å². The highest BCUT2D eigenvalue weighted by Gasteiger charge is 2.20. The van der Waals surface area contributed by atoms with Gasteiger partial charge in [-0.3, -0.25) is 0 Å². The lowest BCUT2D eigenvalue weighted by atomic mass is 10.2.